The number of anilines is 1. The summed E-state index contributed by atoms with van der Waals surface area (Å²) in [5, 5.41) is 11.9. The maximum atomic E-state index is 12.1. The van der Waals surface area contributed by atoms with E-state index in [-0.39, 0.29) is 0 Å². The van der Waals surface area contributed by atoms with Gasteiger partial charge in [-0.2, -0.15) is 0 Å². The first-order chi connectivity index (χ1) is 8.45. The van der Waals surface area contributed by atoms with Gasteiger partial charge in [0.2, 0.25) is 5.91 Å². The van der Waals surface area contributed by atoms with E-state index >= 15 is 0 Å². The Morgan fingerprint density at radius 3 is 2.44 bits per heavy atom. The lowest BCUT2D eigenvalue weighted by Gasteiger charge is -2.35. The van der Waals surface area contributed by atoms with Gasteiger partial charge >= 0.3 is 5.97 Å². The predicted molar refractivity (Wildman–Crippen MR) is 74.4 cm³/mol. The number of carboxylic acid groups (broad SMARTS) is 1. The minimum absolute atomic E-state index is 0.403. The van der Waals surface area contributed by atoms with Crippen LogP contribution in [0.1, 0.15) is 19.3 Å². The van der Waals surface area contributed by atoms with Gasteiger partial charge in [0.25, 0.3) is 0 Å². The molecule has 1 fully saturated rings. The molecule has 1 aromatic rings. The maximum absolute atomic E-state index is 12.1. The summed E-state index contributed by atoms with van der Waals surface area (Å²) in [6, 6.07) is 5.35. The summed E-state index contributed by atoms with van der Waals surface area (Å²) in [5.41, 5.74) is -0.677. The first-order valence-corrected chi connectivity index (χ1v) is 7.04. The normalized spacial score (nSPS) is 16.8. The minimum Gasteiger partial charge on any atom is -0.480 e. The van der Waals surface area contributed by atoms with Crippen molar-refractivity contribution in [3.05, 3.63) is 27.1 Å². The van der Waals surface area contributed by atoms with Crippen molar-refractivity contribution in [1.82, 2.24) is 0 Å². The van der Waals surface area contributed by atoms with Crippen LogP contribution in [0.5, 0.6) is 0 Å². The summed E-state index contributed by atoms with van der Waals surface area (Å²) in [6.07, 6.45) is 1.58. The van der Waals surface area contributed by atoms with Crippen molar-refractivity contribution in [2.75, 3.05) is 5.32 Å². The van der Waals surface area contributed by atoms with Gasteiger partial charge in [0.15, 0.2) is 0 Å². The third-order valence-corrected chi connectivity index (χ3v) is 4.41. The zero-order chi connectivity index (χ0) is 13.3. The van der Waals surface area contributed by atoms with Crippen LogP contribution in [-0.2, 0) is 9.59 Å². The highest BCUT2D eigenvalue weighted by Gasteiger charge is 2.51. The summed E-state index contributed by atoms with van der Waals surface area (Å²) in [7, 11) is 0. The molecule has 0 radical (unpaired) electrons. The minimum atomic E-state index is -1.25. The van der Waals surface area contributed by atoms with E-state index in [1.165, 1.54) is 0 Å². The number of nitrogens with one attached hydrogen (secondary N) is 1. The van der Waals surface area contributed by atoms with Crippen molar-refractivity contribution >= 4 is 49.4 Å². The Balaban J connectivity index is 2.21. The molecule has 0 aliphatic heterocycles. The van der Waals surface area contributed by atoms with Gasteiger partial charge in [-0.1, -0.05) is 22.4 Å². The lowest BCUT2D eigenvalue weighted by molar-refractivity contribution is -0.159. The molecule has 0 saturated heterocycles. The van der Waals surface area contributed by atoms with Crippen LogP contribution in [0.25, 0.3) is 0 Å². The second kappa shape index (κ2) is 5.01. The van der Waals surface area contributed by atoms with E-state index in [0.29, 0.717) is 18.5 Å². The van der Waals surface area contributed by atoms with E-state index in [1.807, 2.05) is 6.07 Å². The first kappa shape index (κ1) is 13.5. The van der Waals surface area contributed by atoms with Crippen molar-refractivity contribution in [3.8, 4) is 0 Å². The molecule has 1 amide bonds. The third-order valence-electron chi connectivity index (χ3n) is 3.23. The number of hydrogen-bond donors (Lipinski definition) is 2. The van der Waals surface area contributed by atoms with Crippen LogP contribution in [-0.4, -0.2) is 17.0 Å². The Morgan fingerprint density at radius 2 is 1.94 bits per heavy atom. The van der Waals surface area contributed by atoms with E-state index in [9.17, 15) is 14.7 Å². The fourth-order valence-corrected chi connectivity index (χ4v) is 2.61. The van der Waals surface area contributed by atoms with Crippen LogP contribution in [0, 0.1) is 5.41 Å². The van der Waals surface area contributed by atoms with Gasteiger partial charge in [-0.3, -0.25) is 9.59 Å². The van der Waals surface area contributed by atoms with Crippen LogP contribution in [0.4, 0.5) is 5.69 Å². The molecule has 0 heterocycles. The number of amides is 1. The van der Waals surface area contributed by atoms with E-state index < -0.39 is 17.3 Å². The molecule has 6 heteroatoms. The smallest absolute Gasteiger partial charge is 0.319 e. The topological polar surface area (TPSA) is 66.4 Å². The SMILES string of the molecule is O=C(O)C1(C(=O)Nc2cc(Br)ccc2Br)CCC1. The Hall–Kier alpha value is -0.880. The van der Waals surface area contributed by atoms with Gasteiger partial charge in [-0.15, -0.1) is 0 Å². The molecule has 0 spiro atoms. The van der Waals surface area contributed by atoms with Crippen molar-refractivity contribution in [1.29, 1.82) is 0 Å². The van der Waals surface area contributed by atoms with Gasteiger partial charge in [0, 0.05) is 8.95 Å². The van der Waals surface area contributed by atoms with Crippen molar-refractivity contribution < 1.29 is 14.7 Å². The van der Waals surface area contributed by atoms with E-state index in [0.717, 1.165) is 15.4 Å². The average molecular weight is 377 g/mol. The Bertz CT molecular complexity index is 512. The molecule has 18 heavy (non-hydrogen) atoms. The highest BCUT2D eigenvalue weighted by molar-refractivity contribution is 9.11. The monoisotopic (exact) mass is 375 g/mol. The van der Waals surface area contributed by atoms with Crippen LogP contribution in [0.15, 0.2) is 27.1 Å². The van der Waals surface area contributed by atoms with E-state index in [2.05, 4.69) is 37.2 Å². The number of hydrogen-bond acceptors (Lipinski definition) is 2. The molecule has 0 bridgehead atoms. The number of rotatable bonds is 3. The Kier molecular flexibility index (Phi) is 3.77. The molecule has 2 rings (SSSR count). The van der Waals surface area contributed by atoms with E-state index in [1.54, 1.807) is 12.1 Å². The number of halogens is 2. The van der Waals surface area contributed by atoms with Gasteiger partial charge in [0.05, 0.1) is 5.69 Å². The van der Waals surface area contributed by atoms with E-state index in [4.69, 9.17) is 0 Å². The Morgan fingerprint density at radius 1 is 1.28 bits per heavy atom. The van der Waals surface area contributed by atoms with Crippen LogP contribution in [0.2, 0.25) is 0 Å². The molecule has 1 aromatic carbocycles. The average Bonchev–Trinajstić information content (AvgIpc) is 2.21. The van der Waals surface area contributed by atoms with Gasteiger partial charge in [-0.25, -0.2) is 0 Å². The molecule has 1 aliphatic rings. The van der Waals surface area contributed by atoms with Crippen LogP contribution in [0.3, 0.4) is 0 Å². The predicted octanol–water partition coefficient (Wildman–Crippen LogP) is 3.41. The largest absolute Gasteiger partial charge is 0.480 e. The highest BCUT2D eigenvalue weighted by Crippen LogP contribution is 2.42. The standard InChI is InChI=1S/C12H11Br2NO3/c13-7-2-3-8(14)9(6-7)15-10(16)12(11(17)18)4-1-5-12/h2-3,6H,1,4-5H2,(H,15,16)(H,17,18). The van der Waals surface area contributed by atoms with Crippen molar-refractivity contribution in [2.45, 2.75) is 19.3 Å². The van der Waals surface area contributed by atoms with Gasteiger partial charge < -0.3 is 10.4 Å². The molecule has 0 atom stereocenters. The van der Waals surface area contributed by atoms with Crippen LogP contribution >= 0.6 is 31.9 Å². The molecular formula is C12H11Br2NO3. The van der Waals surface area contributed by atoms with Crippen molar-refractivity contribution in [3.63, 3.8) is 0 Å². The number of carbonyl (C=O) groups is 2. The fourth-order valence-electron chi connectivity index (χ4n) is 1.90. The first-order valence-electron chi connectivity index (χ1n) is 5.45. The molecule has 0 unspecified atom stereocenters. The van der Waals surface area contributed by atoms with Gasteiger partial charge in [-0.05, 0) is 47.0 Å². The highest BCUT2D eigenvalue weighted by atomic mass is 79.9. The number of benzene rings is 1. The molecule has 96 valence electrons. The van der Waals surface area contributed by atoms with Crippen LogP contribution < -0.4 is 5.32 Å². The molecule has 1 aliphatic carbocycles. The summed E-state index contributed by atoms with van der Waals surface area (Å²) in [5.74, 6) is -1.49. The molecule has 1 saturated carbocycles. The number of carboxylic acids is 1. The fraction of sp³-hybridized carbons (Fsp3) is 0.333. The summed E-state index contributed by atoms with van der Waals surface area (Å²) in [4.78, 5) is 23.3. The molecular weight excluding hydrogens is 366 g/mol. The molecule has 4 nitrogen and oxygen atoms in total. The summed E-state index contributed by atoms with van der Waals surface area (Å²) >= 11 is 6.63. The lowest BCUT2D eigenvalue weighted by atomic mass is 9.68. The summed E-state index contributed by atoms with van der Waals surface area (Å²) in [6.45, 7) is 0. The summed E-state index contributed by atoms with van der Waals surface area (Å²) < 4.78 is 1.54. The zero-order valence-corrected chi connectivity index (χ0v) is 12.5. The lowest BCUT2D eigenvalue weighted by Crippen LogP contribution is -2.48. The third kappa shape index (κ3) is 2.31. The second-order valence-electron chi connectivity index (χ2n) is 4.32. The second-order valence-corrected chi connectivity index (χ2v) is 6.09. The zero-order valence-electron chi connectivity index (χ0n) is 9.37. The number of carbonyl (C=O) groups excluding carboxylic acids is 1. The quantitative estimate of drug-likeness (QED) is 0.794. The Labute approximate surface area is 121 Å². The number of aliphatic carboxylic acids is 1. The van der Waals surface area contributed by atoms with Crippen molar-refractivity contribution in [2.24, 2.45) is 5.41 Å². The molecule has 0 aromatic heterocycles. The molecule has 2 N–H and O–H groups in total. The maximum Gasteiger partial charge on any atom is 0.319 e. The van der Waals surface area contributed by atoms with Gasteiger partial charge in [0.1, 0.15) is 5.41 Å².